The zero-order valence-electron chi connectivity index (χ0n) is 14.2. The van der Waals surface area contributed by atoms with E-state index in [0.29, 0.717) is 5.92 Å². The summed E-state index contributed by atoms with van der Waals surface area (Å²) in [7, 11) is 3.62. The van der Waals surface area contributed by atoms with E-state index in [4.69, 9.17) is 0 Å². The quantitative estimate of drug-likeness (QED) is 0.912. The highest BCUT2D eigenvalue weighted by molar-refractivity contribution is 5.79. The van der Waals surface area contributed by atoms with Crippen molar-refractivity contribution in [2.75, 3.05) is 20.1 Å². The van der Waals surface area contributed by atoms with E-state index in [1.54, 1.807) is 28.9 Å². The van der Waals surface area contributed by atoms with Crippen LogP contribution in [0.15, 0.2) is 36.7 Å². The molecule has 1 fully saturated rings. The van der Waals surface area contributed by atoms with Crippen molar-refractivity contribution in [2.45, 2.75) is 13.0 Å². The van der Waals surface area contributed by atoms with Crippen molar-refractivity contribution >= 4 is 5.91 Å². The average Bonchev–Trinajstić information content (AvgIpc) is 2.91. The van der Waals surface area contributed by atoms with E-state index in [2.05, 4.69) is 10.4 Å². The zero-order valence-corrected chi connectivity index (χ0v) is 14.2. The molecule has 5 nitrogen and oxygen atoms in total. The summed E-state index contributed by atoms with van der Waals surface area (Å²) >= 11 is 0. The van der Waals surface area contributed by atoms with Gasteiger partial charge in [-0.25, -0.2) is 4.39 Å². The molecule has 1 aliphatic heterocycles. The first-order chi connectivity index (χ1) is 11.5. The Morgan fingerprint density at radius 2 is 2.17 bits per heavy atom. The van der Waals surface area contributed by atoms with Crippen molar-refractivity contribution in [3.05, 3.63) is 53.6 Å². The monoisotopic (exact) mass is 330 g/mol. The first-order valence-corrected chi connectivity index (χ1v) is 8.18. The van der Waals surface area contributed by atoms with Crippen LogP contribution in [0.1, 0.15) is 24.1 Å². The lowest BCUT2D eigenvalue weighted by molar-refractivity contribution is -0.137. The molecule has 2 atom stereocenters. The molecular weight excluding hydrogens is 307 g/mol. The maximum atomic E-state index is 13.7. The number of nitrogens with one attached hydrogen (secondary N) is 1. The van der Waals surface area contributed by atoms with Gasteiger partial charge >= 0.3 is 0 Å². The summed E-state index contributed by atoms with van der Waals surface area (Å²) in [6.07, 6.45) is 3.60. The lowest BCUT2D eigenvalue weighted by Crippen LogP contribution is -2.50. The largest absolute Gasteiger partial charge is 0.334 e. The molecule has 0 spiro atoms. The number of aromatic nitrogens is 2. The van der Waals surface area contributed by atoms with Crippen molar-refractivity contribution in [1.29, 1.82) is 0 Å². The maximum Gasteiger partial charge on any atom is 0.226 e. The number of amides is 1. The Bertz CT molecular complexity index is 725. The van der Waals surface area contributed by atoms with Gasteiger partial charge in [0.15, 0.2) is 0 Å². The first kappa shape index (κ1) is 16.6. The normalized spacial score (nSPS) is 17.2. The van der Waals surface area contributed by atoms with Crippen LogP contribution < -0.4 is 5.32 Å². The number of hydrogen-bond donors (Lipinski definition) is 1. The van der Waals surface area contributed by atoms with E-state index in [1.807, 2.05) is 26.2 Å². The van der Waals surface area contributed by atoms with Gasteiger partial charge in [0.2, 0.25) is 5.91 Å². The number of halogens is 1. The summed E-state index contributed by atoms with van der Waals surface area (Å²) in [5.74, 6) is 0.0593. The van der Waals surface area contributed by atoms with E-state index < -0.39 is 0 Å². The van der Waals surface area contributed by atoms with Crippen LogP contribution in [0.25, 0.3) is 0 Å². The molecule has 1 N–H and O–H groups in total. The smallest absolute Gasteiger partial charge is 0.226 e. The van der Waals surface area contributed by atoms with E-state index in [0.717, 1.165) is 24.2 Å². The third-order valence-electron chi connectivity index (χ3n) is 4.85. The Morgan fingerprint density at radius 3 is 2.71 bits per heavy atom. The molecule has 0 saturated carbocycles. The summed E-state index contributed by atoms with van der Waals surface area (Å²) in [6, 6.07) is 6.06. The minimum absolute atomic E-state index is 0.0658. The van der Waals surface area contributed by atoms with Crippen LogP contribution in [-0.4, -0.2) is 40.7 Å². The molecule has 128 valence electrons. The SMILES string of the molecule is CC(C(=O)N(C)C(c1cccc(F)c1)c1cnn(C)c1)C1CNC1. The third-order valence-corrected chi connectivity index (χ3v) is 4.85. The van der Waals surface area contributed by atoms with Gasteiger partial charge in [-0.3, -0.25) is 9.48 Å². The van der Waals surface area contributed by atoms with Crippen molar-refractivity contribution in [1.82, 2.24) is 20.0 Å². The van der Waals surface area contributed by atoms with Crippen LogP contribution in [-0.2, 0) is 11.8 Å². The van der Waals surface area contributed by atoms with E-state index in [9.17, 15) is 9.18 Å². The molecule has 1 aromatic heterocycles. The number of carbonyl (C=O) groups excluding carboxylic acids is 1. The predicted octanol–water partition coefficient (Wildman–Crippen LogP) is 1.96. The van der Waals surface area contributed by atoms with Crippen LogP contribution >= 0.6 is 0 Å². The molecular formula is C18H23FN4O. The highest BCUT2D eigenvalue weighted by atomic mass is 19.1. The van der Waals surface area contributed by atoms with Gasteiger partial charge < -0.3 is 10.2 Å². The minimum atomic E-state index is -0.350. The maximum absolute atomic E-state index is 13.7. The molecule has 2 heterocycles. The molecule has 0 radical (unpaired) electrons. The van der Waals surface area contributed by atoms with Crippen LogP contribution in [0.3, 0.4) is 0 Å². The molecule has 2 aromatic rings. The number of hydrogen-bond acceptors (Lipinski definition) is 3. The highest BCUT2D eigenvalue weighted by Crippen LogP contribution is 2.30. The number of aryl methyl sites for hydroxylation is 1. The van der Waals surface area contributed by atoms with Crippen molar-refractivity contribution < 1.29 is 9.18 Å². The van der Waals surface area contributed by atoms with Gasteiger partial charge in [0, 0.05) is 31.8 Å². The fourth-order valence-corrected chi connectivity index (χ4v) is 3.21. The first-order valence-electron chi connectivity index (χ1n) is 8.18. The van der Waals surface area contributed by atoms with E-state index in [1.165, 1.54) is 12.1 Å². The van der Waals surface area contributed by atoms with Gasteiger partial charge in [0.25, 0.3) is 0 Å². The summed E-state index contributed by atoms with van der Waals surface area (Å²) < 4.78 is 15.4. The summed E-state index contributed by atoms with van der Waals surface area (Å²) in [4.78, 5) is 14.7. The molecule has 6 heteroatoms. The van der Waals surface area contributed by atoms with Crippen LogP contribution in [0, 0.1) is 17.7 Å². The molecule has 1 amide bonds. The summed E-state index contributed by atoms with van der Waals surface area (Å²) in [5.41, 5.74) is 1.62. The van der Waals surface area contributed by atoms with Gasteiger partial charge in [0.05, 0.1) is 12.2 Å². The van der Waals surface area contributed by atoms with E-state index >= 15 is 0 Å². The number of benzene rings is 1. The molecule has 3 rings (SSSR count). The average molecular weight is 330 g/mol. The third kappa shape index (κ3) is 3.19. The molecule has 0 bridgehead atoms. The van der Waals surface area contributed by atoms with Crippen LogP contribution in [0.4, 0.5) is 4.39 Å². The zero-order chi connectivity index (χ0) is 17.3. The predicted molar refractivity (Wildman–Crippen MR) is 89.7 cm³/mol. The number of nitrogens with zero attached hydrogens (tertiary/aromatic N) is 3. The second-order valence-corrected chi connectivity index (χ2v) is 6.56. The van der Waals surface area contributed by atoms with E-state index in [-0.39, 0.29) is 23.7 Å². The lowest BCUT2D eigenvalue weighted by Gasteiger charge is -2.36. The van der Waals surface area contributed by atoms with Gasteiger partial charge in [-0.15, -0.1) is 0 Å². The van der Waals surface area contributed by atoms with Gasteiger partial charge in [0.1, 0.15) is 5.82 Å². The fraction of sp³-hybridized carbons (Fsp3) is 0.444. The molecule has 2 unspecified atom stereocenters. The lowest BCUT2D eigenvalue weighted by atomic mass is 9.87. The number of carbonyl (C=O) groups is 1. The van der Waals surface area contributed by atoms with Gasteiger partial charge in [-0.2, -0.15) is 5.10 Å². The number of rotatable bonds is 5. The highest BCUT2D eigenvalue weighted by Gasteiger charge is 2.34. The van der Waals surface area contributed by atoms with Crippen LogP contribution in [0.2, 0.25) is 0 Å². The Balaban J connectivity index is 1.93. The molecule has 0 aliphatic carbocycles. The molecule has 24 heavy (non-hydrogen) atoms. The second kappa shape index (κ2) is 6.73. The topological polar surface area (TPSA) is 50.2 Å². The fourth-order valence-electron chi connectivity index (χ4n) is 3.21. The standard InChI is InChI=1S/C18H23FN4O/c1-12(14-8-20-9-14)18(24)23(3)17(15-10-21-22(2)11-15)13-5-4-6-16(19)7-13/h4-7,10-12,14,17,20H,8-9H2,1-3H3. The molecule has 1 saturated heterocycles. The summed E-state index contributed by atoms with van der Waals surface area (Å²) in [6.45, 7) is 3.72. The summed E-state index contributed by atoms with van der Waals surface area (Å²) in [5, 5.41) is 7.42. The van der Waals surface area contributed by atoms with Gasteiger partial charge in [-0.05, 0) is 36.7 Å². The Hall–Kier alpha value is -2.21. The van der Waals surface area contributed by atoms with Crippen molar-refractivity contribution in [2.24, 2.45) is 18.9 Å². The molecule has 1 aliphatic rings. The second-order valence-electron chi connectivity index (χ2n) is 6.56. The molecule has 1 aromatic carbocycles. The van der Waals surface area contributed by atoms with Gasteiger partial charge in [-0.1, -0.05) is 19.1 Å². The van der Waals surface area contributed by atoms with Crippen LogP contribution in [0.5, 0.6) is 0 Å². The Kier molecular flexibility index (Phi) is 4.66. The van der Waals surface area contributed by atoms with Crippen molar-refractivity contribution in [3.63, 3.8) is 0 Å². The van der Waals surface area contributed by atoms with Crippen molar-refractivity contribution in [3.8, 4) is 0 Å². The Labute approximate surface area is 141 Å². The minimum Gasteiger partial charge on any atom is -0.334 e. The Morgan fingerprint density at radius 1 is 1.42 bits per heavy atom.